The third kappa shape index (κ3) is 2.85. The standard InChI is InChI=1S/C9H10NO/c1-2-11-10-8-9-6-4-3-5-7-9/h3-7H,2H2,1H3. The molecule has 0 aromatic heterocycles. The van der Waals surface area contributed by atoms with E-state index in [0.717, 1.165) is 5.56 Å². The van der Waals surface area contributed by atoms with E-state index in [1.54, 1.807) is 0 Å². The Morgan fingerprint density at radius 2 is 2.09 bits per heavy atom. The number of rotatable bonds is 3. The van der Waals surface area contributed by atoms with Crippen LogP contribution in [0.2, 0.25) is 0 Å². The van der Waals surface area contributed by atoms with Crippen LogP contribution in [-0.2, 0) is 4.84 Å². The lowest BCUT2D eigenvalue weighted by atomic mass is 10.2. The monoisotopic (exact) mass is 148 g/mol. The van der Waals surface area contributed by atoms with Crippen LogP contribution in [0.4, 0.5) is 0 Å². The first kappa shape index (κ1) is 7.79. The summed E-state index contributed by atoms with van der Waals surface area (Å²) in [6.07, 6.45) is 2.75. The van der Waals surface area contributed by atoms with Crippen molar-refractivity contribution in [3.63, 3.8) is 0 Å². The number of nitrogens with zero attached hydrogens (tertiary/aromatic N) is 1. The molecule has 0 saturated heterocycles. The van der Waals surface area contributed by atoms with Gasteiger partial charge in [-0.15, -0.1) is 0 Å². The summed E-state index contributed by atoms with van der Waals surface area (Å²) in [6, 6.07) is 9.66. The van der Waals surface area contributed by atoms with Crippen LogP contribution in [0.5, 0.6) is 0 Å². The predicted molar refractivity (Wildman–Crippen MR) is 44.6 cm³/mol. The summed E-state index contributed by atoms with van der Waals surface area (Å²) in [5.41, 5.74) is 0.931. The van der Waals surface area contributed by atoms with Gasteiger partial charge in [-0.25, -0.2) is 0 Å². The van der Waals surface area contributed by atoms with E-state index in [0.29, 0.717) is 6.61 Å². The maximum atomic E-state index is 4.75. The Morgan fingerprint density at radius 1 is 1.36 bits per heavy atom. The quantitative estimate of drug-likeness (QED) is 0.474. The average Bonchev–Trinajstić information content (AvgIpc) is 2.07. The van der Waals surface area contributed by atoms with Crippen molar-refractivity contribution in [3.8, 4) is 0 Å². The summed E-state index contributed by atoms with van der Waals surface area (Å²) in [5.74, 6) is 0. The van der Waals surface area contributed by atoms with Gasteiger partial charge in [0.15, 0.2) is 0 Å². The van der Waals surface area contributed by atoms with E-state index in [-0.39, 0.29) is 0 Å². The van der Waals surface area contributed by atoms with Crippen LogP contribution in [-0.4, -0.2) is 12.8 Å². The minimum atomic E-state index is 0.583. The fourth-order valence-electron chi connectivity index (χ4n) is 0.662. The van der Waals surface area contributed by atoms with Gasteiger partial charge in [0.25, 0.3) is 0 Å². The lowest BCUT2D eigenvalue weighted by Gasteiger charge is -1.90. The molecule has 0 atom stereocenters. The highest BCUT2D eigenvalue weighted by Gasteiger charge is 1.83. The van der Waals surface area contributed by atoms with E-state index in [4.69, 9.17) is 4.84 Å². The Kier molecular flexibility index (Phi) is 3.19. The number of hydrogen-bond donors (Lipinski definition) is 0. The highest BCUT2D eigenvalue weighted by atomic mass is 16.6. The van der Waals surface area contributed by atoms with Crippen molar-refractivity contribution in [2.45, 2.75) is 6.92 Å². The van der Waals surface area contributed by atoms with Crippen LogP contribution in [0.1, 0.15) is 12.5 Å². The maximum Gasteiger partial charge on any atom is 0.139 e. The van der Waals surface area contributed by atoms with E-state index < -0.39 is 0 Å². The summed E-state index contributed by atoms with van der Waals surface area (Å²) in [7, 11) is 0. The Morgan fingerprint density at radius 3 is 2.73 bits per heavy atom. The molecule has 1 aromatic rings. The molecule has 0 saturated carbocycles. The second-order valence-electron chi connectivity index (χ2n) is 1.99. The van der Waals surface area contributed by atoms with Gasteiger partial charge >= 0.3 is 0 Å². The molecule has 0 aliphatic rings. The van der Waals surface area contributed by atoms with Crippen molar-refractivity contribution < 1.29 is 4.84 Å². The van der Waals surface area contributed by atoms with E-state index in [1.807, 2.05) is 37.3 Å². The first-order valence-electron chi connectivity index (χ1n) is 3.56. The van der Waals surface area contributed by atoms with Gasteiger partial charge in [-0.3, -0.25) is 0 Å². The van der Waals surface area contributed by atoms with Gasteiger partial charge < -0.3 is 4.84 Å². The summed E-state index contributed by atoms with van der Waals surface area (Å²) < 4.78 is 0. The molecule has 0 bridgehead atoms. The maximum absolute atomic E-state index is 4.75. The molecule has 0 heterocycles. The number of benzene rings is 1. The van der Waals surface area contributed by atoms with Crippen molar-refractivity contribution in [2.24, 2.45) is 5.16 Å². The Balaban J connectivity index is 2.50. The van der Waals surface area contributed by atoms with Gasteiger partial charge in [-0.2, -0.15) is 0 Å². The highest BCUT2D eigenvalue weighted by Crippen LogP contribution is 1.93. The fraction of sp³-hybridized carbons (Fsp3) is 0.222. The molecule has 2 heteroatoms. The van der Waals surface area contributed by atoms with Gasteiger partial charge in [0.2, 0.25) is 0 Å². The van der Waals surface area contributed by atoms with Crippen molar-refractivity contribution >= 4 is 6.21 Å². The molecule has 0 spiro atoms. The highest BCUT2D eigenvalue weighted by molar-refractivity contribution is 5.78. The molecular formula is C9H10NO. The molecule has 1 aromatic carbocycles. The molecule has 0 unspecified atom stereocenters. The van der Waals surface area contributed by atoms with Crippen molar-refractivity contribution in [1.29, 1.82) is 0 Å². The molecule has 2 nitrogen and oxygen atoms in total. The second kappa shape index (κ2) is 4.50. The third-order valence-electron chi connectivity index (χ3n) is 1.14. The third-order valence-corrected chi connectivity index (χ3v) is 1.14. The minimum absolute atomic E-state index is 0.583. The average molecular weight is 148 g/mol. The largest absolute Gasteiger partial charge is 0.396 e. The van der Waals surface area contributed by atoms with Gasteiger partial charge in [-0.05, 0) is 6.92 Å². The van der Waals surface area contributed by atoms with Crippen LogP contribution in [0.15, 0.2) is 35.5 Å². The lowest BCUT2D eigenvalue weighted by Crippen LogP contribution is -1.82. The Hall–Kier alpha value is -1.31. The van der Waals surface area contributed by atoms with E-state index >= 15 is 0 Å². The first-order chi connectivity index (χ1) is 5.43. The van der Waals surface area contributed by atoms with Crippen LogP contribution in [0, 0.1) is 0 Å². The minimum Gasteiger partial charge on any atom is -0.396 e. The van der Waals surface area contributed by atoms with Crippen molar-refractivity contribution in [3.05, 3.63) is 35.9 Å². The summed E-state index contributed by atoms with van der Waals surface area (Å²) in [5, 5.41) is 3.61. The first-order valence-corrected chi connectivity index (χ1v) is 3.56. The fourth-order valence-corrected chi connectivity index (χ4v) is 0.662. The zero-order valence-corrected chi connectivity index (χ0v) is 6.45. The summed E-state index contributed by atoms with van der Waals surface area (Å²) in [4.78, 5) is 4.75. The molecular weight excluding hydrogens is 138 g/mol. The molecule has 0 N–H and O–H groups in total. The predicted octanol–water partition coefficient (Wildman–Crippen LogP) is 1.93. The Labute approximate surface area is 66.5 Å². The van der Waals surface area contributed by atoms with Crippen LogP contribution < -0.4 is 0 Å². The van der Waals surface area contributed by atoms with Crippen molar-refractivity contribution in [2.75, 3.05) is 6.61 Å². The van der Waals surface area contributed by atoms with Gasteiger partial charge in [0.05, 0.1) is 0 Å². The normalized spacial score (nSPS) is 10.3. The Bertz CT molecular complexity index is 218. The summed E-state index contributed by atoms with van der Waals surface area (Å²) >= 11 is 0. The molecule has 1 rings (SSSR count). The van der Waals surface area contributed by atoms with Crippen LogP contribution in [0.3, 0.4) is 0 Å². The summed E-state index contributed by atoms with van der Waals surface area (Å²) in [6.45, 7) is 2.47. The SMILES string of the molecule is CCO/N=[C]/c1ccccc1. The molecule has 57 valence electrons. The molecule has 0 amide bonds. The van der Waals surface area contributed by atoms with Gasteiger partial charge in [-0.1, -0.05) is 35.5 Å². The van der Waals surface area contributed by atoms with E-state index in [9.17, 15) is 0 Å². The topological polar surface area (TPSA) is 21.6 Å². The van der Waals surface area contributed by atoms with Crippen LogP contribution >= 0.6 is 0 Å². The van der Waals surface area contributed by atoms with E-state index in [2.05, 4.69) is 11.4 Å². The number of hydrogen-bond acceptors (Lipinski definition) is 2. The van der Waals surface area contributed by atoms with Crippen LogP contribution in [0.25, 0.3) is 0 Å². The van der Waals surface area contributed by atoms with Crippen molar-refractivity contribution in [1.82, 2.24) is 0 Å². The zero-order valence-electron chi connectivity index (χ0n) is 6.45. The van der Waals surface area contributed by atoms with Gasteiger partial charge in [0, 0.05) is 5.56 Å². The second-order valence-corrected chi connectivity index (χ2v) is 1.99. The molecule has 1 radical (unpaired) electrons. The van der Waals surface area contributed by atoms with Gasteiger partial charge in [0.1, 0.15) is 12.8 Å². The van der Waals surface area contributed by atoms with E-state index in [1.165, 1.54) is 0 Å². The molecule has 0 aliphatic carbocycles. The smallest absolute Gasteiger partial charge is 0.139 e. The zero-order chi connectivity index (χ0) is 7.94. The molecule has 0 aliphatic heterocycles. The molecule has 11 heavy (non-hydrogen) atoms. The lowest BCUT2D eigenvalue weighted by molar-refractivity contribution is 0.160. The molecule has 0 fully saturated rings.